The average molecular weight is 393 g/mol. The molecule has 2 rings (SSSR count). The summed E-state index contributed by atoms with van der Waals surface area (Å²) in [5, 5.41) is 12.4. The molecule has 28 heavy (non-hydrogen) atoms. The number of nitrogens with one attached hydrogen (secondary N) is 1. The van der Waals surface area contributed by atoms with Gasteiger partial charge < -0.3 is 24.8 Å². The lowest BCUT2D eigenvalue weighted by Crippen LogP contribution is -2.43. The molecule has 1 fully saturated rings. The first-order valence-corrected chi connectivity index (χ1v) is 10.3. The summed E-state index contributed by atoms with van der Waals surface area (Å²) in [6.07, 6.45) is 1.18. The predicted octanol–water partition coefficient (Wildman–Crippen LogP) is 1.95. The van der Waals surface area contributed by atoms with Crippen LogP contribution in [0.1, 0.15) is 32.8 Å². The van der Waals surface area contributed by atoms with Crippen molar-refractivity contribution in [1.29, 1.82) is 0 Å². The Morgan fingerprint density at radius 1 is 1.29 bits per heavy atom. The van der Waals surface area contributed by atoms with Gasteiger partial charge in [-0.2, -0.15) is 0 Å². The molecule has 7 nitrogen and oxygen atoms in total. The SMILES string of the molecule is CCNC(=NCc1ccc(OCCO)c(OC)c1)N1CCC(N(CC)CC)C1. The number of aliphatic imine (C=N–C) groups is 1. The van der Waals surface area contributed by atoms with Crippen LogP contribution in [0.15, 0.2) is 23.2 Å². The highest BCUT2D eigenvalue weighted by molar-refractivity contribution is 5.80. The van der Waals surface area contributed by atoms with E-state index in [4.69, 9.17) is 19.6 Å². The number of rotatable bonds is 10. The fourth-order valence-corrected chi connectivity index (χ4v) is 3.65. The molecule has 158 valence electrons. The maximum absolute atomic E-state index is 8.93. The number of likely N-dealkylation sites (N-methyl/N-ethyl adjacent to an activating group) is 1. The van der Waals surface area contributed by atoms with E-state index in [-0.39, 0.29) is 13.2 Å². The van der Waals surface area contributed by atoms with E-state index in [1.165, 1.54) is 6.42 Å². The summed E-state index contributed by atoms with van der Waals surface area (Å²) in [6.45, 7) is 12.4. The van der Waals surface area contributed by atoms with Crippen LogP contribution in [0.3, 0.4) is 0 Å². The third kappa shape index (κ3) is 6.01. The van der Waals surface area contributed by atoms with Crippen molar-refractivity contribution in [2.75, 3.05) is 53.0 Å². The minimum absolute atomic E-state index is 0.0223. The number of aliphatic hydroxyl groups excluding tert-OH is 1. The zero-order valence-corrected chi connectivity index (χ0v) is 17.8. The number of hydrogen-bond acceptors (Lipinski definition) is 5. The van der Waals surface area contributed by atoms with Gasteiger partial charge in [0.1, 0.15) is 6.61 Å². The second kappa shape index (κ2) is 11.8. The van der Waals surface area contributed by atoms with Crippen LogP contribution < -0.4 is 14.8 Å². The molecule has 1 heterocycles. The average Bonchev–Trinajstić information content (AvgIpc) is 3.20. The van der Waals surface area contributed by atoms with E-state index in [1.54, 1.807) is 7.11 Å². The Labute approximate surface area is 169 Å². The number of ether oxygens (including phenoxy) is 2. The van der Waals surface area contributed by atoms with Crippen molar-refractivity contribution in [1.82, 2.24) is 15.1 Å². The van der Waals surface area contributed by atoms with Gasteiger partial charge in [-0.1, -0.05) is 19.9 Å². The highest BCUT2D eigenvalue weighted by Gasteiger charge is 2.27. The smallest absolute Gasteiger partial charge is 0.194 e. The zero-order valence-electron chi connectivity index (χ0n) is 17.8. The molecule has 7 heteroatoms. The van der Waals surface area contributed by atoms with Crippen molar-refractivity contribution in [3.63, 3.8) is 0 Å². The van der Waals surface area contributed by atoms with Crippen LogP contribution in [0, 0.1) is 0 Å². The normalized spacial score (nSPS) is 17.3. The number of hydrogen-bond donors (Lipinski definition) is 2. The van der Waals surface area contributed by atoms with Gasteiger partial charge in [-0.25, -0.2) is 4.99 Å². The van der Waals surface area contributed by atoms with E-state index in [2.05, 4.69) is 35.9 Å². The fraction of sp³-hybridized carbons (Fsp3) is 0.667. The standard InChI is InChI=1S/C21H36N4O3/c1-5-22-21(25-11-10-18(16-25)24(6-2)7-3)23-15-17-8-9-19(28-13-12-26)20(14-17)27-4/h8-9,14,18,26H,5-7,10-13,15-16H2,1-4H3,(H,22,23). The molecule has 0 spiro atoms. The molecule has 1 aromatic rings. The van der Waals surface area contributed by atoms with Crippen molar-refractivity contribution in [2.24, 2.45) is 4.99 Å². The Balaban J connectivity index is 2.06. The van der Waals surface area contributed by atoms with E-state index in [9.17, 15) is 0 Å². The molecule has 1 aromatic carbocycles. The predicted molar refractivity (Wildman–Crippen MR) is 113 cm³/mol. The second-order valence-corrected chi connectivity index (χ2v) is 6.84. The lowest BCUT2D eigenvalue weighted by Gasteiger charge is -2.27. The Kier molecular flexibility index (Phi) is 9.37. The van der Waals surface area contributed by atoms with Crippen LogP contribution in [-0.4, -0.2) is 80.0 Å². The molecule has 1 atom stereocenters. The van der Waals surface area contributed by atoms with Crippen LogP contribution in [-0.2, 0) is 6.54 Å². The van der Waals surface area contributed by atoms with Crippen LogP contribution in [0.25, 0.3) is 0 Å². The maximum Gasteiger partial charge on any atom is 0.194 e. The first-order valence-electron chi connectivity index (χ1n) is 10.3. The first kappa shape index (κ1) is 22.3. The lowest BCUT2D eigenvalue weighted by molar-refractivity contribution is 0.196. The molecule has 1 aliphatic rings. The molecular formula is C21H36N4O3. The van der Waals surface area contributed by atoms with Crippen LogP contribution in [0.2, 0.25) is 0 Å². The number of nitrogens with zero attached hydrogens (tertiary/aromatic N) is 3. The molecule has 0 aliphatic carbocycles. The third-order valence-corrected chi connectivity index (χ3v) is 5.11. The van der Waals surface area contributed by atoms with E-state index >= 15 is 0 Å². The van der Waals surface area contributed by atoms with Gasteiger partial charge in [0, 0.05) is 25.7 Å². The van der Waals surface area contributed by atoms with Gasteiger partial charge in [0.2, 0.25) is 0 Å². The number of guanidine groups is 1. The molecule has 1 unspecified atom stereocenters. The van der Waals surface area contributed by atoms with E-state index < -0.39 is 0 Å². The van der Waals surface area contributed by atoms with Crippen molar-refractivity contribution < 1.29 is 14.6 Å². The Hall–Kier alpha value is -1.99. The van der Waals surface area contributed by atoms with E-state index in [1.807, 2.05) is 18.2 Å². The number of likely N-dealkylation sites (tertiary alicyclic amines) is 1. The summed E-state index contributed by atoms with van der Waals surface area (Å²) >= 11 is 0. The van der Waals surface area contributed by atoms with E-state index in [0.29, 0.717) is 24.1 Å². The summed E-state index contributed by atoms with van der Waals surface area (Å²) < 4.78 is 10.9. The summed E-state index contributed by atoms with van der Waals surface area (Å²) in [5.41, 5.74) is 1.06. The lowest BCUT2D eigenvalue weighted by atomic mass is 10.2. The zero-order chi connectivity index (χ0) is 20.4. The quantitative estimate of drug-likeness (QED) is 0.469. The maximum atomic E-state index is 8.93. The Bertz CT molecular complexity index is 620. The van der Waals surface area contributed by atoms with Crippen molar-refractivity contribution >= 4 is 5.96 Å². The van der Waals surface area contributed by atoms with Crippen LogP contribution in [0.5, 0.6) is 11.5 Å². The summed E-state index contributed by atoms with van der Waals surface area (Å²) in [5.74, 6) is 2.27. The first-order chi connectivity index (χ1) is 13.7. The second-order valence-electron chi connectivity index (χ2n) is 6.84. The molecule has 2 N–H and O–H groups in total. The van der Waals surface area contributed by atoms with Gasteiger partial charge >= 0.3 is 0 Å². The van der Waals surface area contributed by atoms with Gasteiger partial charge in [0.05, 0.1) is 20.3 Å². The van der Waals surface area contributed by atoms with Gasteiger partial charge in [-0.3, -0.25) is 4.90 Å². The van der Waals surface area contributed by atoms with Gasteiger partial charge in [-0.05, 0) is 44.1 Å². The largest absolute Gasteiger partial charge is 0.493 e. The minimum atomic E-state index is -0.0223. The van der Waals surface area contributed by atoms with E-state index in [0.717, 1.165) is 44.2 Å². The summed E-state index contributed by atoms with van der Waals surface area (Å²) in [6, 6.07) is 6.41. The van der Waals surface area contributed by atoms with Gasteiger partial charge in [0.25, 0.3) is 0 Å². The molecule has 0 aromatic heterocycles. The highest BCUT2D eigenvalue weighted by Crippen LogP contribution is 2.28. The summed E-state index contributed by atoms with van der Waals surface area (Å²) in [4.78, 5) is 9.75. The number of methoxy groups -OCH3 is 1. The topological polar surface area (TPSA) is 69.6 Å². The molecule has 1 saturated heterocycles. The molecule has 0 saturated carbocycles. The van der Waals surface area contributed by atoms with Crippen molar-refractivity contribution in [3.05, 3.63) is 23.8 Å². The number of aliphatic hydroxyl groups is 1. The molecule has 0 amide bonds. The van der Waals surface area contributed by atoms with Gasteiger partial charge in [0.15, 0.2) is 17.5 Å². The summed E-state index contributed by atoms with van der Waals surface area (Å²) in [7, 11) is 1.62. The molecular weight excluding hydrogens is 356 g/mol. The fourth-order valence-electron chi connectivity index (χ4n) is 3.65. The Morgan fingerprint density at radius 3 is 2.71 bits per heavy atom. The minimum Gasteiger partial charge on any atom is -0.493 e. The monoisotopic (exact) mass is 392 g/mol. The van der Waals surface area contributed by atoms with Crippen LogP contribution in [0.4, 0.5) is 0 Å². The van der Waals surface area contributed by atoms with Crippen molar-refractivity contribution in [3.8, 4) is 11.5 Å². The number of benzene rings is 1. The van der Waals surface area contributed by atoms with Gasteiger partial charge in [-0.15, -0.1) is 0 Å². The third-order valence-electron chi connectivity index (χ3n) is 5.11. The van der Waals surface area contributed by atoms with Crippen molar-refractivity contribution in [2.45, 2.75) is 39.8 Å². The molecule has 0 radical (unpaired) electrons. The molecule has 0 bridgehead atoms. The van der Waals surface area contributed by atoms with Crippen LogP contribution >= 0.6 is 0 Å². The highest BCUT2D eigenvalue weighted by atomic mass is 16.5. The molecule has 1 aliphatic heterocycles. The Morgan fingerprint density at radius 2 is 2.07 bits per heavy atom.